The molecule has 0 spiro atoms. The van der Waals surface area contributed by atoms with E-state index in [0.717, 1.165) is 0 Å². The molecule has 0 saturated heterocycles. The van der Waals surface area contributed by atoms with Crippen molar-refractivity contribution in [2.75, 3.05) is 0 Å². The normalized spacial score (nSPS) is 10.4. The average Bonchev–Trinajstić information content (AvgIpc) is 2.62. The monoisotopic (exact) mass is 322 g/mol. The third-order valence-corrected chi connectivity index (χ3v) is 3.71. The maximum absolute atomic E-state index is 13.7. The molecular formula is C20H15FO3. The second-order valence-corrected chi connectivity index (χ2v) is 5.24. The zero-order chi connectivity index (χ0) is 16.9. The Morgan fingerprint density at radius 3 is 2.42 bits per heavy atom. The van der Waals surface area contributed by atoms with Crippen molar-refractivity contribution < 1.29 is 19.0 Å². The summed E-state index contributed by atoms with van der Waals surface area (Å²) in [7, 11) is 0. The number of carbonyl (C=O) groups excluding carboxylic acids is 1. The zero-order valence-corrected chi connectivity index (χ0v) is 12.8. The van der Waals surface area contributed by atoms with Gasteiger partial charge < -0.3 is 9.84 Å². The lowest BCUT2D eigenvalue weighted by Gasteiger charge is -2.13. The molecule has 0 aliphatic rings. The number of phenolic OH excluding ortho intramolecular Hbond substituents is 1. The Labute approximate surface area is 139 Å². The highest BCUT2D eigenvalue weighted by Gasteiger charge is 2.13. The van der Waals surface area contributed by atoms with Crippen LogP contribution < -0.4 is 4.74 Å². The number of hydrogen-bond donors (Lipinski definition) is 1. The van der Waals surface area contributed by atoms with E-state index in [-0.39, 0.29) is 23.7 Å². The van der Waals surface area contributed by atoms with E-state index in [4.69, 9.17) is 4.74 Å². The molecule has 4 heteroatoms. The van der Waals surface area contributed by atoms with E-state index in [1.807, 2.05) is 0 Å². The van der Waals surface area contributed by atoms with Crippen molar-refractivity contribution in [3.63, 3.8) is 0 Å². The molecule has 3 nitrogen and oxygen atoms in total. The minimum atomic E-state index is -0.333. The summed E-state index contributed by atoms with van der Waals surface area (Å²) in [6.45, 7) is 0.0673. The minimum Gasteiger partial charge on any atom is -0.507 e. The van der Waals surface area contributed by atoms with Crippen molar-refractivity contribution in [1.29, 1.82) is 0 Å². The summed E-state index contributed by atoms with van der Waals surface area (Å²) in [5, 5.41) is 10.2. The number of aromatic hydroxyl groups is 1. The lowest BCUT2D eigenvalue weighted by atomic mass is 10.0. The second kappa shape index (κ2) is 6.96. The molecule has 0 saturated carbocycles. The Kier molecular flexibility index (Phi) is 4.57. The van der Waals surface area contributed by atoms with E-state index in [2.05, 4.69) is 0 Å². The van der Waals surface area contributed by atoms with Crippen molar-refractivity contribution in [3.05, 3.63) is 83.7 Å². The van der Waals surface area contributed by atoms with Gasteiger partial charge in [-0.05, 0) is 18.2 Å². The number of halogens is 1. The van der Waals surface area contributed by atoms with Crippen LogP contribution in [-0.4, -0.2) is 11.4 Å². The molecule has 0 aromatic heterocycles. The highest BCUT2D eigenvalue weighted by Crippen LogP contribution is 2.37. The predicted octanol–water partition coefficient (Wildman–Crippen LogP) is 4.59. The molecule has 0 unspecified atom stereocenters. The molecular weight excluding hydrogens is 307 g/mol. The summed E-state index contributed by atoms with van der Waals surface area (Å²) < 4.78 is 19.5. The third-order valence-electron chi connectivity index (χ3n) is 3.71. The number of hydrogen-bond acceptors (Lipinski definition) is 3. The average molecular weight is 322 g/mol. The summed E-state index contributed by atoms with van der Waals surface area (Å²) >= 11 is 0. The number of aldehydes is 1. The fraction of sp³-hybridized carbons (Fsp3) is 0.0500. The highest BCUT2D eigenvalue weighted by atomic mass is 19.1. The van der Waals surface area contributed by atoms with Crippen molar-refractivity contribution >= 4 is 6.29 Å². The Bertz CT molecular complexity index is 874. The van der Waals surface area contributed by atoms with Crippen LogP contribution in [0.1, 0.15) is 15.9 Å². The van der Waals surface area contributed by atoms with E-state index in [1.54, 1.807) is 54.6 Å². The number of carbonyl (C=O) groups is 1. The predicted molar refractivity (Wildman–Crippen MR) is 89.7 cm³/mol. The van der Waals surface area contributed by atoms with Crippen molar-refractivity contribution in [2.24, 2.45) is 0 Å². The van der Waals surface area contributed by atoms with Gasteiger partial charge in [-0.2, -0.15) is 0 Å². The summed E-state index contributed by atoms with van der Waals surface area (Å²) in [5.41, 5.74) is 1.77. The molecule has 3 rings (SSSR count). The summed E-state index contributed by atoms with van der Waals surface area (Å²) in [5.74, 6) is 0.0642. The molecule has 0 radical (unpaired) electrons. The van der Waals surface area contributed by atoms with Gasteiger partial charge in [0.2, 0.25) is 0 Å². The van der Waals surface area contributed by atoms with Crippen molar-refractivity contribution in [1.82, 2.24) is 0 Å². The zero-order valence-electron chi connectivity index (χ0n) is 12.8. The van der Waals surface area contributed by atoms with Crippen LogP contribution in [0.2, 0.25) is 0 Å². The van der Waals surface area contributed by atoms with Gasteiger partial charge in [0.15, 0.2) is 6.29 Å². The molecule has 0 fully saturated rings. The second-order valence-electron chi connectivity index (χ2n) is 5.24. The Morgan fingerprint density at radius 2 is 1.62 bits per heavy atom. The first-order valence-corrected chi connectivity index (χ1v) is 7.43. The number of para-hydroxylation sites is 2. The van der Waals surface area contributed by atoms with Gasteiger partial charge in [0.25, 0.3) is 0 Å². The van der Waals surface area contributed by atoms with Crippen LogP contribution in [-0.2, 0) is 6.61 Å². The van der Waals surface area contributed by atoms with Gasteiger partial charge in [-0.1, -0.05) is 48.5 Å². The van der Waals surface area contributed by atoms with E-state index in [9.17, 15) is 14.3 Å². The molecule has 0 aliphatic carbocycles. The Balaban J connectivity index is 1.94. The van der Waals surface area contributed by atoms with Crippen LogP contribution in [0.5, 0.6) is 11.5 Å². The van der Waals surface area contributed by atoms with E-state index in [1.165, 1.54) is 12.1 Å². The van der Waals surface area contributed by atoms with Crippen LogP contribution in [0.4, 0.5) is 4.39 Å². The van der Waals surface area contributed by atoms with E-state index >= 15 is 0 Å². The Morgan fingerprint density at radius 1 is 0.917 bits per heavy atom. The molecule has 1 N–H and O–H groups in total. The van der Waals surface area contributed by atoms with Crippen LogP contribution in [0.15, 0.2) is 66.7 Å². The largest absolute Gasteiger partial charge is 0.507 e. The summed E-state index contributed by atoms with van der Waals surface area (Å²) in [4.78, 5) is 11.0. The summed E-state index contributed by atoms with van der Waals surface area (Å²) in [6, 6.07) is 18.4. The minimum absolute atomic E-state index is 0.0673. The van der Waals surface area contributed by atoms with Crippen molar-refractivity contribution in [3.8, 4) is 22.6 Å². The number of phenols is 1. The molecule has 0 atom stereocenters. The summed E-state index contributed by atoms with van der Waals surface area (Å²) in [6.07, 6.45) is 0.599. The van der Waals surface area contributed by atoms with Crippen LogP contribution in [0.25, 0.3) is 11.1 Å². The van der Waals surface area contributed by atoms with E-state index < -0.39 is 0 Å². The molecule has 0 amide bonds. The smallest absolute Gasteiger partial charge is 0.153 e. The quantitative estimate of drug-likeness (QED) is 0.699. The standard InChI is InChI=1S/C20H15FO3/c21-18-10-3-1-6-15(18)13-24-19-11-4-2-8-16(19)17-9-5-7-14(12-22)20(17)23/h1-12,23H,13H2. The van der Waals surface area contributed by atoms with Crippen LogP contribution in [0.3, 0.4) is 0 Å². The lowest BCUT2D eigenvalue weighted by Crippen LogP contribution is -1.99. The molecule has 120 valence electrons. The maximum Gasteiger partial charge on any atom is 0.153 e. The van der Waals surface area contributed by atoms with Gasteiger partial charge in [-0.3, -0.25) is 4.79 Å². The van der Waals surface area contributed by atoms with Crippen LogP contribution >= 0.6 is 0 Å². The topological polar surface area (TPSA) is 46.5 Å². The first kappa shape index (κ1) is 15.7. The van der Waals surface area contributed by atoms with Gasteiger partial charge in [-0.25, -0.2) is 4.39 Å². The fourth-order valence-electron chi connectivity index (χ4n) is 2.46. The maximum atomic E-state index is 13.7. The van der Waals surface area contributed by atoms with Gasteiger partial charge in [0.05, 0.1) is 5.56 Å². The Hall–Kier alpha value is -3.14. The molecule has 0 heterocycles. The fourth-order valence-corrected chi connectivity index (χ4v) is 2.46. The first-order valence-electron chi connectivity index (χ1n) is 7.43. The molecule has 0 bridgehead atoms. The van der Waals surface area contributed by atoms with Gasteiger partial charge in [-0.15, -0.1) is 0 Å². The molecule has 0 aliphatic heterocycles. The number of ether oxygens (including phenoxy) is 1. The van der Waals surface area contributed by atoms with E-state index in [0.29, 0.717) is 28.7 Å². The van der Waals surface area contributed by atoms with Crippen molar-refractivity contribution in [2.45, 2.75) is 6.61 Å². The SMILES string of the molecule is O=Cc1cccc(-c2ccccc2OCc2ccccc2F)c1O. The van der Waals surface area contributed by atoms with Crippen LogP contribution in [0, 0.1) is 5.82 Å². The number of rotatable bonds is 5. The van der Waals surface area contributed by atoms with Gasteiger partial charge in [0.1, 0.15) is 23.9 Å². The molecule has 24 heavy (non-hydrogen) atoms. The first-order chi connectivity index (χ1) is 11.7. The lowest BCUT2D eigenvalue weighted by molar-refractivity contribution is 0.112. The van der Waals surface area contributed by atoms with Gasteiger partial charge in [0, 0.05) is 16.7 Å². The number of benzene rings is 3. The van der Waals surface area contributed by atoms with Gasteiger partial charge >= 0.3 is 0 Å². The third kappa shape index (κ3) is 3.13. The highest BCUT2D eigenvalue weighted by molar-refractivity contribution is 5.87. The molecule has 3 aromatic rings. The molecule has 3 aromatic carbocycles.